The normalized spacial score (nSPS) is 12.9. The minimum absolute atomic E-state index is 0.0148. The van der Waals surface area contributed by atoms with Gasteiger partial charge >= 0.3 is 12.1 Å². The van der Waals surface area contributed by atoms with Crippen LogP contribution in [0.1, 0.15) is 46.3 Å². The third kappa shape index (κ3) is 4.78. The van der Waals surface area contributed by atoms with Crippen molar-refractivity contribution in [2.24, 2.45) is 0 Å². The van der Waals surface area contributed by atoms with Crippen LogP contribution in [-0.4, -0.2) is 35.7 Å². The monoisotopic (exact) mass is 458 g/mol. The Kier molecular flexibility index (Phi) is 6.63. The molecule has 0 aromatic heterocycles. The maximum Gasteiger partial charge on any atom is 0.407 e. The summed E-state index contributed by atoms with van der Waals surface area (Å²) in [6.07, 6.45) is -0.577. The number of carbonyl (C=O) groups excluding carboxylic acids is 2. The molecule has 3 N–H and O–H groups in total. The van der Waals surface area contributed by atoms with Crippen molar-refractivity contribution in [1.29, 1.82) is 0 Å². The molecular weight excluding hydrogens is 432 g/mol. The Morgan fingerprint density at radius 1 is 0.941 bits per heavy atom. The number of ether oxygens (including phenoxy) is 1. The summed E-state index contributed by atoms with van der Waals surface area (Å²) in [6.45, 7) is 3.54. The van der Waals surface area contributed by atoms with Crippen molar-refractivity contribution in [2.75, 3.05) is 11.9 Å². The summed E-state index contributed by atoms with van der Waals surface area (Å²) in [6, 6.07) is 20.4. The van der Waals surface area contributed by atoms with E-state index in [1.165, 1.54) is 6.07 Å². The van der Waals surface area contributed by atoms with Gasteiger partial charge in [0.15, 0.2) is 0 Å². The van der Waals surface area contributed by atoms with E-state index in [1.807, 2.05) is 24.3 Å². The first kappa shape index (κ1) is 23.0. The smallest absolute Gasteiger partial charge is 0.407 e. The van der Waals surface area contributed by atoms with Gasteiger partial charge in [-0.05, 0) is 53.8 Å². The third-order valence-electron chi connectivity index (χ3n) is 6.04. The highest BCUT2D eigenvalue weighted by atomic mass is 16.5. The van der Waals surface area contributed by atoms with Crippen LogP contribution in [0.3, 0.4) is 0 Å². The van der Waals surface area contributed by atoms with Gasteiger partial charge < -0.3 is 20.5 Å². The van der Waals surface area contributed by atoms with Gasteiger partial charge in [-0.25, -0.2) is 9.59 Å². The standard InChI is InChI=1S/C27H26N2O5/c1-16(14-25(30)29-24-13-7-12-18(17(24)2)26(31)32)28-27(33)34-15-23-21-10-5-3-8-19(21)20-9-4-6-11-22(20)23/h3-13,16,23H,14-15H2,1-2H3,(H,28,33)(H,29,30)(H,31,32). The lowest BCUT2D eigenvalue weighted by Gasteiger charge is -2.17. The number of rotatable bonds is 7. The molecule has 7 nitrogen and oxygen atoms in total. The van der Waals surface area contributed by atoms with Gasteiger partial charge in [0, 0.05) is 24.1 Å². The van der Waals surface area contributed by atoms with Crippen LogP contribution in [0, 0.1) is 6.92 Å². The molecule has 0 radical (unpaired) electrons. The molecule has 0 heterocycles. The van der Waals surface area contributed by atoms with Gasteiger partial charge in [0.05, 0.1) is 5.56 Å². The number of anilines is 1. The molecule has 0 aliphatic heterocycles. The number of hydrogen-bond donors (Lipinski definition) is 3. The van der Waals surface area contributed by atoms with E-state index in [0.717, 1.165) is 22.3 Å². The Labute approximate surface area is 197 Å². The summed E-state index contributed by atoms with van der Waals surface area (Å²) >= 11 is 0. The summed E-state index contributed by atoms with van der Waals surface area (Å²) in [7, 11) is 0. The second kappa shape index (κ2) is 9.79. The van der Waals surface area contributed by atoms with E-state index in [0.29, 0.717) is 11.3 Å². The van der Waals surface area contributed by atoms with Crippen molar-refractivity contribution in [3.05, 3.63) is 89.0 Å². The topological polar surface area (TPSA) is 105 Å². The largest absolute Gasteiger partial charge is 0.478 e. The van der Waals surface area contributed by atoms with Crippen LogP contribution < -0.4 is 10.6 Å². The first-order valence-electron chi connectivity index (χ1n) is 11.1. The van der Waals surface area contributed by atoms with Crippen LogP contribution >= 0.6 is 0 Å². The van der Waals surface area contributed by atoms with Crippen LogP contribution in [0.2, 0.25) is 0 Å². The van der Waals surface area contributed by atoms with E-state index < -0.39 is 18.1 Å². The fourth-order valence-corrected chi connectivity index (χ4v) is 4.37. The number of amides is 2. The lowest BCUT2D eigenvalue weighted by Crippen LogP contribution is -2.36. The zero-order valence-electron chi connectivity index (χ0n) is 19.0. The number of carbonyl (C=O) groups is 3. The fourth-order valence-electron chi connectivity index (χ4n) is 4.37. The molecule has 174 valence electrons. The van der Waals surface area contributed by atoms with Crippen LogP contribution in [0.15, 0.2) is 66.7 Å². The number of carboxylic acids is 1. The van der Waals surface area contributed by atoms with Gasteiger partial charge in [0.25, 0.3) is 0 Å². The molecule has 0 spiro atoms. The Morgan fingerprint density at radius 2 is 1.56 bits per heavy atom. The summed E-state index contributed by atoms with van der Waals surface area (Å²) in [5.41, 5.74) is 5.59. The number of carboxylic acid groups (broad SMARTS) is 1. The van der Waals surface area contributed by atoms with Crippen LogP contribution in [0.25, 0.3) is 11.1 Å². The van der Waals surface area contributed by atoms with Gasteiger partial charge in [-0.2, -0.15) is 0 Å². The zero-order chi connectivity index (χ0) is 24.2. The molecule has 4 rings (SSSR count). The molecule has 0 saturated carbocycles. The minimum Gasteiger partial charge on any atom is -0.478 e. The minimum atomic E-state index is -1.06. The predicted molar refractivity (Wildman–Crippen MR) is 129 cm³/mol. The fraction of sp³-hybridized carbons (Fsp3) is 0.222. The molecule has 7 heteroatoms. The molecule has 1 atom stereocenters. The number of alkyl carbamates (subject to hydrolysis) is 1. The molecule has 1 unspecified atom stereocenters. The highest BCUT2D eigenvalue weighted by Gasteiger charge is 2.29. The molecule has 34 heavy (non-hydrogen) atoms. The van der Waals surface area contributed by atoms with Crippen molar-refractivity contribution in [3.8, 4) is 11.1 Å². The molecule has 0 bridgehead atoms. The van der Waals surface area contributed by atoms with Gasteiger partial charge in [0.2, 0.25) is 5.91 Å². The van der Waals surface area contributed by atoms with Crippen molar-refractivity contribution in [3.63, 3.8) is 0 Å². The van der Waals surface area contributed by atoms with Crippen molar-refractivity contribution in [1.82, 2.24) is 5.32 Å². The lowest BCUT2D eigenvalue weighted by atomic mass is 9.98. The Bertz CT molecular complexity index is 1210. The summed E-state index contributed by atoms with van der Waals surface area (Å²) in [4.78, 5) is 36.1. The molecule has 0 saturated heterocycles. The van der Waals surface area contributed by atoms with Crippen molar-refractivity contribution in [2.45, 2.75) is 32.2 Å². The van der Waals surface area contributed by atoms with E-state index in [2.05, 4.69) is 34.9 Å². The van der Waals surface area contributed by atoms with Crippen LogP contribution in [0.4, 0.5) is 10.5 Å². The maximum absolute atomic E-state index is 12.4. The molecule has 1 aliphatic rings. The van der Waals surface area contributed by atoms with E-state index in [1.54, 1.807) is 26.0 Å². The highest BCUT2D eigenvalue weighted by Crippen LogP contribution is 2.44. The van der Waals surface area contributed by atoms with Crippen LogP contribution in [0.5, 0.6) is 0 Å². The van der Waals surface area contributed by atoms with Gasteiger partial charge in [0.1, 0.15) is 6.61 Å². The Morgan fingerprint density at radius 3 is 2.18 bits per heavy atom. The number of fused-ring (bicyclic) bond motifs is 3. The average molecular weight is 459 g/mol. The molecule has 3 aromatic rings. The Hall–Kier alpha value is -4.13. The van der Waals surface area contributed by atoms with E-state index in [9.17, 15) is 19.5 Å². The molecule has 0 fully saturated rings. The summed E-state index contributed by atoms with van der Waals surface area (Å²) < 4.78 is 5.52. The highest BCUT2D eigenvalue weighted by molar-refractivity contribution is 5.96. The van der Waals surface area contributed by atoms with E-state index >= 15 is 0 Å². The van der Waals surface area contributed by atoms with Gasteiger partial charge in [-0.3, -0.25) is 4.79 Å². The second-order valence-corrected chi connectivity index (χ2v) is 8.41. The first-order valence-corrected chi connectivity index (χ1v) is 11.1. The molecule has 2 amide bonds. The number of benzene rings is 3. The first-order chi connectivity index (χ1) is 16.3. The number of aromatic carboxylic acids is 1. The summed E-state index contributed by atoms with van der Waals surface area (Å²) in [5.74, 6) is -1.43. The van der Waals surface area contributed by atoms with Gasteiger partial charge in [-0.1, -0.05) is 54.6 Å². The zero-order valence-corrected chi connectivity index (χ0v) is 19.0. The van der Waals surface area contributed by atoms with Crippen molar-refractivity contribution >= 4 is 23.7 Å². The van der Waals surface area contributed by atoms with Crippen LogP contribution in [-0.2, 0) is 9.53 Å². The number of hydrogen-bond acceptors (Lipinski definition) is 4. The third-order valence-corrected chi connectivity index (χ3v) is 6.04. The van der Waals surface area contributed by atoms with E-state index in [4.69, 9.17) is 4.74 Å². The Balaban J connectivity index is 1.32. The lowest BCUT2D eigenvalue weighted by molar-refractivity contribution is -0.116. The van der Waals surface area contributed by atoms with E-state index in [-0.39, 0.29) is 30.4 Å². The molecular formula is C27H26N2O5. The molecule has 1 aliphatic carbocycles. The average Bonchev–Trinajstić information content (AvgIpc) is 3.12. The second-order valence-electron chi connectivity index (χ2n) is 8.41. The summed E-state index contributed by atoms with van der Waals surface area (Å²) in [5, 5.41) is 14.6. The van der Waals surface area contributed by atoms with Crippen molar-refractivity contribution < 1.29 is 24.2 Å². The maximum atomic E-state index is 12.4. The predicted octanol–water partition coefficient (Wildman–Crippen LogP) is 4.95. The SMILES string of the molecule is Cc1c(NC(=O)CC(C)NC(=O)OCC2c3ccccc3-c3ccccc32)cccc1C(=O)O. The quantitative estimate of drug-likeness (QED) is 0.465. The molecule has 3 aromatic carbocycles. The number of nitrogens with one attached hydrogen (secondary N) is 2. The van der Waals surface area contributed by atoms with Gasteiger partial charge in [-0.15, -0.1) is 0 Å².